The molecule has 0 saturated carbocycles. The highest BCUT2D eigenvalue weighted by atomic mass is 32.1. The van der Waals surface area contributed by atoms with Crippen LogP contribution in [-0.4, -0.2) is 38.2 Å². The van der Waals surface area contributed by atoms with Crippen LogP contribution in [0.25, 0.3) is 33.3 Å². The van der Waals surface area contributed by atoms with Crippen molar-refractivity contribution < 1.29 is 28.2 Å². The zero-order chi connectivity index (χ0) is 27.5. The van der Waals surface area contributed by atoms with Crippen LogP contribution in [0, 0.1) is 5.82 Å². The highest BCUT2D eigenvalue weighted by Gasteiger charge is 2.24. The van der Waals surface area contributed by atoms with Crippen molar-refractivity contribution in [3.8, 4) is 33.9 Å². The van der Waals surface area contributed by atoms with Crippen molar-refractivity contribution in [1.29, 1.82) is 0 Å². The second-order valence-electron chi connectivity index (χ2n) is 8.44. The van der Waals surface area contributed by atoms with Gasteiger partial charge in [-0.15, -0.1) is 11.3 Å². The van der Waals surface area contributed by atoms with Crippen molar-refractivity contribution in [2.24, 2.45) is 0 Å². The third-order valence-electron chi connectivity index (χ3n) is 6.21. The Hall–Kier alpha value is -4.76. The van der Waals surface area contributed by atoms with Crippen molar-refractivity contribution >= 4 is 39.1 Å². The molecule has 0 unspecified atom stereocenters. The molecule has 1 N–H and O–H groups in total. The van der Waals surface area contributed by atoms with Gasteiger partial charge in [-0.1, -0.05) is 30.3 Å². The Morgan fingerprint density at radius 3 is 2.38 bits per heavy atom. The van der Waals surface area contributed by atoms with Crippen LogP contribution >= 0.6 is 11.3 Å². The van der Waals surface area contributed by atoms with E-state index in [1.807, 2.05) is 30.3 Å². The number of thiophene rings is 1. The molecule has 3 aromatic carbocycles. The lowest BCUT2D eigenvalue weighted by atomic mass is 10.0. The van der Waals surface area contributed by atoms with Gasteiger partial charge in [-0.3, -0.25) is 4.79 Å². The fourth-order valence-electron chi connectivity index (χ4n) is 4.28. The minimum absolute atomic E-state index is 0.192. The quantitative estimate of drug-likeness (QED) is 0.227. The molecule has 2 heterocycles. The van der Waals surface area contributed by atoms with Crippen LogP contribution in [0.15, 0.2) is 78.2 Å². The summed E-state index contributed by atoms with van der Waals surface area (Å²) in [6.45, 7) is 0. The summed E-state index contributed by atoms with van der Waals surface area (Å²) in [7, 11) is 4.39. The molecule has 9 heteroatoms. The molecule has 0 radical (unpaired) electrons. The Balaban J connectivity index is 1.59. The van der Waals surface area contributed by atoms with Gasteiger partial charge in [0.1, 0.15) is 27.9 Å². The monoisotopic (exact) mass is 542 g/mol. The average molecular weight is 543 g/mol. The molecule has 0 spiro atoms. The van der Waals surface area contributed by atoms with Crippen molar-refractivity contribution in [2.45, 2.75) is 0 Å². The number of halogens is 1. The number of benzene rings is 3. The van der Waals surface area contributed by atoms with E-state index in [-0.39, 0.29) is 5.56 Å². The molecule has 1 amide bonds. The first-order chi connectivity index (χ1) is 18.9. The van der Waals surface area contributed by atoms with Crippen molar-refractivity contribution in [2.75, 3.05) is 26.6 Å². The number of methoxy groups -OCH3 is 3. The molecule has 39 heavy (non-hydrogen) atoms. The number of nitrogens with one attached hydrogen (secondary N) is 1. The van der Waals surface area contributed by atoms with Crippen LogP contribution in [0.1, 0.15) is 20.7 Å². The predicted octanol–water partition coefficient (Wildman–Crippen LogP) is 6.83. The fraction of sp³-hybridized carbons (Fsp3) is 0.100. The van der Waals surface area contributed by atoms with E-state index in [1.165, 1.54) is 30.6 Å². The summed E-state index contributed by atoms with van der Waals surface area (Å²) in [5.74, 6) is -0.275. The number of para-hydroxylation sites is 1. The molecule has 0 atom stereocenters. The van der Waals surface area contributed by atoms with Crippen LogP contribution in [0.4, 0.5) is 9.39 Å². The van der Waals surface area contributed by atoms with Gasteiger partial charge in [0.05, 0.1) is 38.1 Å². The van der Waals surface area contributed by atoms with Gasteiger partial charge in [-0.25, -0.2) is 14.2 Å². The zero-order valence-corrected chi connectivity index (χ0v) is 22.1. The number of amides is 1. The standard InChI is InChI=1S/C30H23FN2O5S/c1-36-19-12-13-21(26(14-19)37-2)25-15-22(20-6-4-5-7-24(20)32-25)28(34)33-29-27(30(35)38-3)23(16-39-29)17-8-10-18(31)11-9-17/h4-16H,1-3H3,(H,33,34). The number of esters is 1. The number of hydrogen-bond acceptors (Lipinski definition) is 7. The van der Waals surface area contributed by atoms with Crippen LogP contribution in [0.5, 0.6) is 11.5 Å². The van der Waals surface area contributed by atoms with Crippen LogP contribution < -0.4 is 14.8 Å². The number of nitrogens with zero attached hydrogens (tertiary/aromatic N) is 1. The second-order valence-corrected chi connectivity index (χ2v) is 9.32. The number of pyridine rings is 1. The van der Waals surface area contributed by atoms with Crippen molar-refractivity contribution in [3.05, 3.63) is 95.1 Å². The van der Waals surface area contributed by atoms with Crippen LogP contribution in [-0.2, 0) is 4.74 Å². The summed E-state index contributed by atoms with van der Waals surface area (Å²) in [4.78, 5) is 31.3. The van der Waals surface area contributed by atoms with Crippen LogP contribution in [0.2, 0.25) is 0 Å². The molecule has 7 nitrogen and oxygen atoms in total. The Bertz CT molecular complexity index is 1700. The van der Waals surface area contributed by atoms with E-state index in [0.29, 0.717) is 55.4 Å². The maximum absolute atomic E-state index is 13.7. The van der Waals surface area contributed by atoms with Gasteiger partial charge in [-0.2, -0.15) is 0 Å². The van der Waals surface area contributed by atoms with Crippen molar-refractivity contribution in [1.82, 2.24) is 4.98 Å². The zero-order valence-electron chi connectivity index (χ0n) is 21.3. The highest BCUT2D eigenvalue weighted by Crippen LogP contribution is 2.38. The van der Waals surface area contributed by atoms with Gasteiger partial charge >= 0.3 is 5.97 Å². The fourth-order valence-corrected chi connectivity index (χ4v) is 5.23. The third kappa shape index (κ3) is 5.04. The van der Waals surface area contributed by atoms with E-state index >= 15 is 0 Å². The summed E-state index contributed by atoms with van der Waals surface area (Å²) < 4.78 is 29.4. The Morgan fingerprint density at radius 1 is 0.897 bits per heavy atom. The molecule has 0 saturated heterocycles. The molecule has 0 bridgehead atoms. The van der Waals surface area contributed by atoms with E-state index in [4.69, 9.17) is 19.2 Å². The first-order valence-electron chi connectivity index (χ1n) is 11.8. The summed E-state index contributed by atoms with van der Waals surface area (Å²) in [5.41, 5.74) is 3.54. The lowest BCUT2D eigenvalue weighted by Crippen LogP contribution is -2.15. The van der Waals surface area contributed by atoms with E-state index in [1.54, 1.807) is 49.9 Å². The molecule has 5 aromatic rings. The van der Waals surface area contributed by atoms with Crippen molar-refractivity contribution in [3.63, 3.8) is 0 Å². The maximum Gasteiger partial charge on any atom is 0.341 e. The summed E-state index contributed by atoms with van der Waals surface area (Å²) >= 11 is 1.18. The second kappa shape index (κ2) is 10.9. The first kappa shape index (κ1) is 25.9. The van der Waals surface area contributed by atoms with E-state index in [2.05, 4.69) is 5.32 Å². The molecular formula is C30H23FN2O5S. The average Bonchev–Trinajstić information content (AvgIpc) is 3.39. The molecule has 2 aromatic heterocycles. The first-order valence-corrected chi connectivity index (χ1v) is 12.7. The summed E-state index contributed by atoms with van der Waals surface area (Å²) in [5, 5.41) is 5.57. The maximum atomic E-state index is 13.7. The van der Waals surface area contributed by atoms with E-state index < -0.39 is 17.7 Å². The molecule has 196 valence electrons. The minimum Gasteiger partial charge on any atom is -0.497 e. The Labute approximate surface area is 227 Å². The normalized spacial score (nSPS) is 10.8. The molecule has 0 aliphatic carbocycles. The number of aromatic nitrogens is 1. The largest absolute Gasteiger partial charge is 0.497 e. The SMILES string of the molecule is COC(=O)c1c(-c2ccc(F)cc2)csc1NC(=O)c1cc(-c2ccc(OC)cc2OC)nc2ccccc12. The number of rotatable bonds is 7. The van der Waals surface area contributed by atoms with Crippen LogP contribution in [0.3, 0.4) is 0 Å². The smallest absolute Gasteiger partial charge is 0.341 e. The number of carbonyl (C=O) groups excluding carboxylic acids is 2. The Kier molecular flexibility index (Phi) is 7.25. The molecule has 0 fully saturated rings. The van der Waals surface area contributed by atoms with Gasteiger partial charge in [0.25, 0.3) is 5.91 Å². The number of hydrogen-bond donors (Lipinski definition) is 1. The lowest BCUT2D eigenvalue weighted by Gasteiger charge is -2.13. The number of fused-ring (bicyclic) bond motifs is 1. The molecule has 0 aliphatic rings. The van der Waals surface area contributed by atoms with Gasteiger partial charge in [0.2, 0.25) is 0 Å². The van der Waals surface area contributed by atoms with E-state index in [9.17, 15) is 14.0 Å². The van der Waals surface area contributed by atoms with Gasteiger partial charge in [-0.05, 0) is 42.0 Å². The number of carbonyl (C=O) groups is 2. The van der Waals surface area contributed by atoms with Gasteiger partial charge < -0.3 is 19.5 Å². The minimum atomic E-state index is -0.617. The molecular weight excluding hydrogens is 519 g/mol. The van der Waals surface area contributed by atoms with Gasteiger partial charge in [0.15, 0.2) is 0 Å². The summed E-state index contributed by atoms with van der Waals surface area (Å²) in [6.07, 6.45) is 0. The Morgan fingerprint density at radius 2 is 1.67 bits per heavy atom. The predicted molar refractivity (Wildman–Crippen MR) is 149 cm³/mol. The molecule has 5 rings (SSSR count). The third-order valence-corrected chi connectivity index (χ3v) is 7.10. The highest BCUT2D eigenvalue weighted by molar-refractivity contribution is 7.15. The van der Waals surface area contributed by atoms with Gasteiger partial charge in [0, 0.05) is 28.0 Å². The lowest BCUT2D eigenvalue weighted by molar-refractivity contribution is 0.0603. The molecule has 0 aliphatic heterocycles. The van der Waals surface area contributed by atoms with E-state index in [0.717, 1.165) is 0 Å². The topological polar surface area (TPSA) is 86.8 Å². The number of ether oxygens (including phenoxy) is 3. The summed E-state index contributed by atoms with van der Waals surface area (Å²) in [6, 6.07) is 20.1. The number of anilines is 1.